The smallest absolute Gasteiger partial charge is 0.311 e. The number of rotatable bonds is 6. The van der Waals surface area contributed by atoms with Crippen LogP contribution in [0.15, 0.2) is 66.9 Å². The first-order chi connectivity index (χ1) is 13.5. The Labute approximate surface area is 166 Å². The molecule has 142 valence electrons. The van der Waals surface area contributed by atoms with Crippen molar-refractivity contribution in [3.63, 3.8) is 0 Å². The summed E-state index contributed by atoms with van der Waals surface area (Å²) in [7, 11) is 1.34. The van der Waals surface area contributed by atoms with Gasteiger partial charge in [-0.2, -0.15) is 0 Å². The van der Waals surface area contributed by atoms with Gasteiger partial charge in [0.25, 0.3) is 5.91 Å². The Morgan fingerprint density at radius 3 is 2.54 bits per heavy atom. The zero-order chi connectivity index (χ0) is 20.1. The van der Waals surface area contributed by atoms with Gasteiger partial charge in [0.15, 0.2) is 5.75 Å². The van der Waals surface area contributed by atoms with Gasteiger partial charge < -0.3 is 9.64 Å². The van der Waals surface area contributed by atoms with Crippen molar-refractivity contribution in [1.82, 2.24) is 4.98 Å². The van der Waals surface area contributed by atoms with Gasteiger partial charge in [0.1, 0.15) is 0 Å². The second-order valence-corrected chi connectivity index (χ2v) is 6.27. The highest BCUT2D eigenvalue weighted by Crippen LogP contribution is 2.29. The van der Waals surface area contributed by atoms with E-state index in [0.29, 0.717) is 16.4 Å². The molecule has 0 bridgehead atoms. The number of ether oxygens (including phenoxy) is 1. The predicted molar refractivity (Wildman–Crippen MR) is 106 cm³/mol. The van der Waals surface area contributed by atoms with Crippen LogP contribution in [0.3, 0.4) is 0 Å². The molecule has 3 rings (SSSR count). The zero-order valence-electron chi connectivity index (χ0n) is 14.9. The largest absolute Gasteiger partial charge is 0.490 e. The molecule has 7 nitrogen and oxygen atoms in total. The van der Waals surface area contributed by atoms with Gasteiger partial charge in [0.2, 0.25) is 0 Å². The van der Waals surface area contributed by atoms with Gasteiger partial charge >= 0.3 is 5.69 Å². The summed E-state index contributed by atoms with van der Waals surface area (Å²) >= 11 is 5.96. The molecule has 0 saturated carbocycles. The molecule has 0 atom stereocenters. The van der Waals surface area contributed by atoms with Crippen molar-refractivity contribution in [3.8, 4) is 5.75 Å². The molecule has 1 aromatic heterocycles. The number of nitro benzene ring substituents is 1. The average Bonchev–Trinajstić information content (AvgIpc) is 2.72. The number of halogens is 1. The number of hydrogen-bond acceptors (Lipinski definition) is 5. The van der Waals surface area contributed by atoms with E-state index in [-0.39, 0.29) is 23.5 Å². The van der Waals surface area contributed by atoms with Crippen molar-refractivity contribution < 1.29 is 14.5 Å². The average molecular weight is 398 g/mol. The van der Waals surface area contributed by atoms with Crippen molar-refractivity contribution >= 4 is 28.9 Å². The van der Waals surface area contributed by atoms with Crippen molar-refractivity contribution in [2.45, 2.75) is 6.54 Å². The normalized spacial score (nSPS) is 10.4. The maximum Gasteiger partial charge on any atom is 0.311 e. The molecule has 2 aromatic carbocycles. The summed E-state index contributed by atoms with van der Waals surface area (Å²) in [6.07, 6.45) is 1.64. The molecule has 0 aliphatic heterocycles. The van der Waals surface area contributed by atoms with E-state index in [2.05, 4.69) is 4.98 Å². The van der Waals surface area contributed by atoms with Crippen LogP contribution in [0.5, 0.6) is 5.75 Å². The fourth-order valence-corrected chi connectivity index (χ4v) is 2.80. The van der Waals surface area contributed by atoms with E-state index in [0.717, 1.165) is 0 Å². The van der Waals surface area contributed by atoms with Crippen LogP contribution in [0.4, 0.5) is 11.4 Å². The minimum absolute atomic E-state index is 0.0873. The summed E-state index contributed by atoms with van der Waals surface area (Å²) in [4.78, 5) is 29.7. The number of amides is 1. The van der Waals surface area contributed by atoms with E-state index in [4.69, 9.17) is 16.3 Å². The monoisotopic (exact) mass is 397 g/mol. The van der Waals surface area contributed by atoms with Crippen LogP contribution in [0, 0.1) is 10.1 Å². The second-order valence-electron chi connectivity index (χ2n) is 5.83. The fraction of sp³-hybridized carbons (Fsp3) is 0.100. The van der Waals surface area contributed by atoms with Gasteiger partial charge in [-0.1, -0.05) is 17.7 Å². The van der Waals surface area contributed by atoms with E-state index >= 15 is 0 Å². The number of aromatic nitrogens is 1. The van der Waals surface area contributed by atoms with E-state index in [1.54, 1.807) is 42.6 Å². The van der Waals surface area contributed by atoms with Crippen molar-refractivity contribution in [2.24, 2.45) is 0 Å². The molecule has 0 aliphatic rings. The molecule has 0 unspecified atom stereocenters. The topological polar surface area (TPSA) is 85.6 Å². The van der Waals surface area contributed by atoms with E-state index in [1.807, 2.05) is 6.07 Å². The number of nitro groups is 1. The lowest BCUT2D eigenvalue weighted by atomic mass is 10.1. The molecule has 1 amide bonds. The number of benzene rings is 2. The molecule has 8 heteroatoms. The lowest BCUT2D eigenvalue weighted by Gasteiger charge is -2.23. The number of carbonyl (C=O) groups excluding carboxylic acids is 1. The third-order valence-corrected chi connectivity index (χ3v) is 4.30. The van der Waals surface area contributed by atoms with Crippen LogP contribution in [0.25, 0.3) is 0 Å². The summed E-state index contributed by atoms with van der Waals surface area (Å²) in [6.45, 7) is 0.196. The summed E-state index contributed by atoms with van der Waals surface area (Å²) in [5.41, 5.74) is 1.16. The SMILES string of the molecule is COc1ccc(C(=O)N(Cc2ccccn2)c2ccc(Cl)cc2)cc1[N+](=O)[O-]. The summed E-state index contributed by atoms with van der Waals surface area (Å²) < 4.78 is 5.00. The highest BCUT2D eigenvalue weighted by molar-refractivity contribution is 6.30. The maximum absolute atomic E-state index is 13.2. The van der Waals surface area contributed by atoms with Crippen molar-refractivity contribution in [2.75, 3.05) is 12.0 Å². The van der Waals surface area contributed by atoms with Crippen LogP contribution < -0.4 is 9.64 Å². The number of pyridine rings is 1. The lowest BCUT2D eigenvalue weighted by molar-refractivity contribution is -0.385. The van der Waals surface area contributed by atoms with Crippen molar-refractivity contribution in [1.29, 1.82) is 0 Å². The Hall–Kier alpha value is -3.45. The van der Waals surface area contributed by atoms with Crippen molar-refractivity contribution in [3.05, 3.63) is 93.3 Å². The van der Waals surface area contributed by atoms with Crippen LogP contribution in [0.2, 0.25) is 5.02 Å². The molecule has 28 heavy (non-hydrogen) atoms. The highest BCUT2D eigenvalue weighted by atomic mass is 35.5. The van der Waals surface area contributed by atoms with Gasteiger partial charge in [-0.25, -0.2) is 0 Å². The Kier molecular flexibility index (Phi) is 5.86. The number of carbonyl (C=O) groups is 1. The first-order valence-corrected chi connectivity index (χ1v) is 8.67. The van der Waals surface area contributed by atoms with Crippen LogP contribution >= 0.6 is 11.6 Å². The van der Waals surface area contributed by atoms with Crippen LogP contribution in [0.1, 0.15) is 16.1 Å². The number of hydrogen-bond donors (Lipinski definition) is 0. The van der Waals surface area contributed by atoms with Crippen LogP contribution in [-0.4, -0.2) is 22.9 Å². The Morgan fingerprint density at radius 2 is 1.93 bits per heavy atom. The minimum Gasteiger partial charge on any atom is -0.490 e. The number of nitrogens with zero attached hydrogens (tertiary/aromatic N) is 3. The third kappa shape index (κ3) is 4.27. The second kappa shape index (κ2) is 8.49. The molecular weight excluding hydrogens is 382 g/mol. The summed E-state index contributed by atoms with van der Waals surface area (Å²) in [5, 5.41) is 11.8. The maximum atomic E-state index is 13.2. The third-order valence-electron chi connectivity index (χ3n) is 4.05. The molecule has 3 aromatic rings. The standard InChI is InChI=1S/C20H16ClN3O4/c1-28-19-10-5-14(12-18(19)24(26)27)20(25)23(13-16-4-2-3-11-22-16)17-8-6-15(21)7-9-17/h2-12H,13H2,1H3. The molecule has 0 aliphatic carbocycles. The van der Waals surface area contributed by atoms with E-state index in [9.17, 15) is 14.9 Å². The Balaban J connectivity index is 2.02. The van der Waals surface area contributed by atoms with Gasteiger partial charge in [-0.3, -0.25) is 19.9 Å². The summed E-state index contributed by atoms with van der Waals surface area (Å²) in [6, 6.07) is 16.3. The number of anilines is 1. The lowest BCUT2D eigenvalue weighted by Crippen LogP contribution is -2.30. The highest BCUT2D eigenvalue weighted by Gasteiger charge is 2.23. The predicted octanol–water partition coefficient (Wildman–Crippen LogP) is 4.50. The fourth-order valence-electron chi connectivity index (χ4n) is 2.68. The van der Waals surface area contributed by atoms with E-state index in [1.165, 1.54) is 30.2 Å². The zero-order valence-corrected chi connectivity index (χ0v) is 15.7. The van der Waals surface area contributed by atoms with E-state index < -0.39 is 10.8 Å². The first-order valence-electron chi connectivity index (χ1n) is 8.29. The van der Waals surface area contributed by atoms with Gasteiger partial charge in [0, 0.05) is 28.5 Å². The summed E-state index contributed by atoms with van der Waals surface area (Å²) in [5.74, 6) is -0.317. The molecule has 0 N–H and O–H groups in total. The van der Waals surface area contributed by atoms with Gasteiger partial charge in [-0.15, -0.1) is 0 Å². The van der Waals surface area contributed by atoms with Crippen LogP contribution in [-0.2, 0) is 6.54 Å². The van der Waals surface area contributed by atoms with Gasteiger partial charge in [-0.05, 0) is 48.5 Å². The first kappa shape index (κ1) is 19.3. The Morgan fingerprint density at radius 1 is 1.18 bits per heavy atom. The minimum atomic E-state index is -0.582. The molecular formula is C20H16ClN3O4. The quantitative estimate of drug-likeness (QED) is 0.451. The number of methoxy groups -OCH3 is 1. The Bertz CT molecular complexity index is 994. The molecule has 1 heterocycles. The molecule has 0 radical (unpaired) electrons. The molecule has 0 spiro atoms. The molecule has 0 fully saturated rings. The van der Waals surface area contributed by atoms with Gasteiger partial charge in [0.05, 0.1) is 24.3 Å². The molecule has 0 saturated heterocycles.